The van der Waals surface area contributed by atoms with Gasteiger partial charge in [0.2, 0.25) is 10.0 Å². The molecule has 31 heavy (non-hydrogen) atoms. The molecule has 0 saturated carbocycles. The number of ether oxygens (including phenoxy) is 2. The van der Waals surface area contributed by atoms with Crippen LogP contribution in [0.2, 0.25) is 0 Å². The van der Waals surface area contributed by atoms with Crippen molar-refractivity contribution in [1.82, 2.24) is 14.3 Å². The normalized spacial score (nSPS) is 15.1. The van der Waals surface area contributed by atoms with Gasteiger partial charge in [0.15, 0.2) is 12.4 Å². The van der Waals surface area contributed by atoms with E-state index in [1.54, 1.807) is 24.3 Å². The van der Waals surface area contributed by atoms with Gasteiger partial charge in [-0.25, -0.2) is 27.6 Å². The Bertz CT molecular complexity index is 1250. The van der Waals surface area contributed by atoms with Crippen molar-refractivity contribution in [2.24, 2.45) is 0 Å². The van der Waals surface area contributed by atoms with E-state index >= 15 is 0 Å². The molecule has 2 heterocycles. The summed E-state index contributed by atoms with van der Waals surface area (Å²) in [4.78, 5) is 20.3. The molecule has 9 nitrogen and oxygen atoms in total. The van der Waals surface area contributed by atoms with Gasteiger partial charge in [-0.15, -0.1) is 0 Å². The number of para-hydroxylation sites is 1. The largest absolute Gasteiger partial charge is 0.454 e. The molecule has 2 N–H and O–H groups in total. The molecular formula is C20H19FN4O5S. The second-order valence-electron chi connectivity index (χ2n) is 6.78. The molecule has 2 aromatic carbocycles. The van der Waals surface area contributed by atoms with Crippen LogP contribution in [0, 0.1) is 5.82 Å². The molecule has 0 bridgehead atoms. The number of hydrogen-bond donors (Lipinski definition) is 1. The summed E-state index contributed by atoms with van der Waals surface area (Å²) in [5.41, 5.74) is 6.41. The van der Waals surface area contributed by atoms with E-state index in [0.717, 1.165) is 22.5 Å². The topological polar surface area (TPSA) is 125 Å². The van der Waals surface area contributed by atoms with Crippen molar-refractivity contribution >= 4 is 32.7 Å². The van der Waals surface area contributed by atoms with E-state index in [1.807, 2.05) is 0 Å². The number of rotatable bonds is 5. The van der Waals surface area contributed by atoms with Crippen LogP contribution in [0.15, 0.2) is 47.4 Å². The minimum atomic E-state index is -4.12. The van der Waals surface area contributed by atoms with Gasteiger partial charge >= 0.3 is 5.97 Å². The number of anilines is 1. The highest BCUT2D eigenvalue weighted by molar-refractivity contribution is 7.89. The number of fused-ring (bicyclic) bond motifs is 1. The van der Waals surface area contributed by atoms with Gasteiger partial charge in [0.25, 0.3) is 0 Å². The highest BCUT2D eigenvalue weighted by Gasteiger charge is 2.30. The third kappa shape index (κ3) is 4.33. The number of morpholine rings is 1. The number of aromatic nitrogens is 2. The maximum Gasteiger partial charge on any atom is 0.338 e. The number of nitrogens with two attached hydrogens (primary N) is 1. The standard InChI is InChI=1S/C20H19FN4O5S/c21-15-6-5-13(11-17(15)31(27,28)25-7-9-29-10-8-25)20(26)30-12-18-23-16-4-2-1-3-14(16)19(22)24-18/h1-6,11H,7-10,12H2,(H2,22,23,24). The maximum absolute atomic E-state index is 14.3. The summed E-state index contributed by atoms with van der Waals surface area (Å²) in [5, 5.41) is 0.675. The van der Waals surface area contributed by atoms with Crippen molar-refractivity contribution in [3.8, 4) is 0 Å². The average Bonchev–Trinajstić information content (AvgIpc) is 2.78. The third-order valence-electron chi connectivity index (χ3n) is 4.77. The van der Waals surface area contributed by atoms with Crippen LogP contribution in [0.4, 0.5) is 10.2 Å². The Morgan fingerprint density at radius 3 is 2.68 bits per heavy atom. The lowest BCUT2D eigenvalue weighted by Gasteiger charge is -2.26. The zero-order chi connectivity index (χ0) is 22.0. The van der Waals surface area contributed by atoms with Crippen LogP contribution in [0.5, 0.6) is 0 Å². The van der Waals surface area contributed by atoms with Crippen molar-refractivity contribution in [2.45, 2.75) is 11.5 Å². The van der Waals surface area contributed by atoms with E-state index in [2.05, 4.69) is 9.97 Å². The van der Waals surface area contributed by atoms with E-state index in [-0.39, 0.29) is 50.1 Å². The van der Waals surface area contributed by atoms with Gasteiger partial charge in [-0.1, -0.05) is 12.1 Å². The quantitative estimate of drug-likeness (QED) is 0.588. The highest BCUT2D eigenvalue weighted by atomic mass is 32.2. The van der Waals surface area contributed by atoms with E-state index in [9.17, 15) is 17.6 Å². The lowest BCUT2D eigenvalue weighted by molar-refractivity contribution is 0.0462. The van der Waals surface area contributed by atoms with Crippen molar-refractivity contribution in [3.63, 3.8) is 0 Å². The van der Waals surface area contributed by atoms with E-state index in [1.165, 1.54) is 0 Å². The first-order chi connectivity index (χ1) is 14.9. The molecule has 4 rings (SSSR count). The van der Waals surface area contributed by atoms with Crippen LogP contribution in [-0.4, -0.2) is 55.0 Å². The van der Waals surface area contributed by atoms with Gasteiger partial charge in [-0.2, -0.15) is 4.31 Å². The third-order valence-corrected chi connectivity index (χ3v) is 6.68. The van der Waals surface area contributed by atoms with Crippen LogP contribution in [0.25, 0.3) is 10.9 Å². The van der Waals surface area contributed by atoms with E-state index < -0.39 is 26.7 Å². The van der Waals surface area contributed by atoms with E-state index in [4.69, 9.17) is 15.2 Å². The summed E-state index contributed by atoms with van der Waals surface area (Å²) < 4.78 is 51.3. The van der Waals surface area contributed by atoms with Crippen LogP contribution in [0.1, 0.15) is 16.2 Å². The Morgan fingerprint density at radius 2 is 1.90 bits per heavy atom. The summed E-state index contributed by atoms with van der Waals surface area (Å²) in [6, 6.07) is 10.2. The van der Waals surface area contributed by atoms with Gasteiger partial charge in [0, 0.05) is 18.5 Å². The number of esters is 1. The first-order valence-electron chi connectivity index (χ1n) is 9.42. The minimum Gasteiger partial charge on any atom is -0.454 e. The number of nitrogens with zero attached hydrogens (tertiary/aromatic N) is 3. The Hall–Kier alpha value is -3.15. The number of sulfonamides is 1. The SMILES string of the molecule is Nc1nc(COC(=O)c2ccc(F)c(S(=O)(=O)N3CCOCC3)c2)nc2ccccc12. The predicted octanol–water partition coefficient (Wildman–Crippen LogP) is 1.73. The molecule has 0 radical (unpaired) electrons. The first kappa shape index (κ1) is 21.1. The summed E-state index contributed by atoms with van der Waals surface area (Å²) in [6.07, 6.45) is 0. The summed E-state index contributed by atoms with van der Waals surface area (Å²) >= 11 is 0. The highest BCUT2D eigenvalue weighted by Crippen LogP contribution is 2.23. The molecular weight excluding hydrogens is 427 g/mol. The maximum atomic E-state index is 14.3. The summed E-state index contributed by atoms with van der Waals surface area (Å²) in [7, 11) is -4.12. The van der Waals surface area contributed by atoms with Gasteiger partial charge in [0.05, 0.1) is 24.3 Å². The van der Waals surface area contributed by atoms with Crippen LogP contribution in [0.3, 0.4) is 0 Å². The van der Waals surface area contributed by atoms with Crippen molar-refractivity contribution in [3.05, 3.63) is 59.7 Å². The van der Waals surface area contributed by atoms with Gasteiger partial charge in [-0.05, 0) is 30.3 Å². The fourth-order valence-corrected chi connectivity index (χ4v) is 4.68. The second-order valence-corrected chi connectivity index (χ2v) is 8.69. The number of carbonyl (C=O) groups excluding carboxylic acids is 1. The zero-order valence-electron chi connectivity index (χ0n) is 16.3. The fraction of sp³-hybridized carbons (Fsp3) is 0.250. The number of hydrogen-bond acceptors (Lipinski definition) is 8. The van der Waals surface area contributed by atoms with Gasteiger partial charge < -0.3 is 15.2 Å². The smallest absolute Gasteiger partial charge is 0.338 e. The molecule has 1 aliphatic rings. The van der Waals surface area contributed by atoms with Crippen LogP contribution >= 0.6 is 0 Å². The fourth-order valence-electron chi connectivity index (χ4n) is 3.18. The Balaban J connectivity index is 1.53. The number of nitrogen functional groups attached to an aromatic ring is 1. The van der Waals surface area contributed by atoms with Crippen LogP contribution < -0.4 is 5.73 Å². The van der Waals surface area contributed by atoms with Gasteiger partial charge in [0.1, 0.15) is 16.5 Å². The van der Waals surface area contributed by atoms with Crippen molar-refractivity contribution in [2.75, 3.05) is 32.0 Å². The lowest BCUT2D eigenvalue weighted by Crippen LogP contribution is -2.41. The van der Waals surface area contributed by atoms with Gasteiger partial charge in [-0.3, -0.25) is 0 Å². The molecule has 0 atom stereocenters. The Labute approximate surface area is 177 Å². The summed E-state index contributed by atoms with van der Waals surface area (Å²) in [6.45, 7) is 0.375. The van der Waals surface area contributed by atoms with E-state index in [0.29, 0.717) is 10.9 Å². The minimum absolute atomic E-state index is 0.108. The average molecular weight is 446 g/mol. The molecule has 0 amide bonds. The van der Waals surface area contributed by atoms with Crippen molar-refractivity contribution < 1.29 is 27.1 Å². The zero-order valence-corrected chi connectivity index (χ0v) is 17.1. The molecule has 1 saturated heterocycles. The monoisotopic (exact) mass is 446 g/mol. The molecule has 0 spiro atoms. The lowest BCUT2D eigenvalue weighted by atomic mass is 10.2. The summed E-state index contributed by atoms with van der Waals surface area (Å²) in [5.74, 6) is -1.35. The molecule has 0 aliphatic carbocycles. The van der Waals surface area contributed by atoms with Crippen molar-refractivity contribution in [1.29, 1.82) is 0 Å². The second kappa shape index (κ2) is 8.53. The molecule has 1 aliphatic heterocycles. The number of benzene rings is 2. The van der Waals surface area contributed by atoms with Crippen LogP contribution in [-0.2, 0) is 26.1 Å². The number of halogens is 1. The molecule has 1 fully saturated rings. The Morgan fingerprint density at radius 1 is 1.16 bits per heavy atom. The first-order valence-corrected chi connectivity index (χ1v) is 10.9. The number of carbonyl (C=O) groups is 1. The molecule has 162 valence electrons. The predicted molar refractivity (Wildman–Crippen MR) is 109 cm³/mol. The molecule has 1 aromatic heterocycles. The molecule has 0 unspecified atom stereocenters. The Kier molecular flexibility index (Phi) is 5.81. The molecule has 3 aromatic rings. The molecule has 11 heteroatoms.